The van der Waals surface area contributed by atoms with Crippen molar-refractivity contribution in [1.29, 1.82) is 0 Å². The van der Waals surface area contributed by atoms with Crippen LogP contribution in [0, 0.1) is 18.7 Å². The van der Waals surface area contributed by atoms with E-state index in [1.807, 2.05) is 30.3 Å². The highest BCUT2D eigenvalue weighted by Gasteiger charge is 2.36. The van der Waals surface area contributed by atoms with Crippen molar-refractivity contribution in [3.63, 3.8) is 0 Å². The van der Waals surface area contributed by atoms with Crippen LogP contribution in [0.5, 0.6) is 0 Å². The third-order valence-corrected chi connectivity index (χ3v) is 6.97. The molecule has 35 heavy (non-hydrogen) atoms. The van der Waals surface area contributed by atoms with E-state index in [-0.39, 0.29) is 17.0 Å². The fourth-order valence-electron chi connectivity index (χ4n) is 5.23. The Morgan fingerprint density at radius 3 is 2.43 bits per heavy atom. The summed E-state index contributed by atoms with van der Waals surface area (Å²) in [6.07, 6.45) is 1.89. The SMILES string of the molecule is Cc1ccc(C2(CC(C)Cc3oc4cc(F)ccc4c(=O)c3Cc3ccccc3)NCCN2)cc1. The molecule has 1 saturated heterocycles. The monoisotopic (exact) mass is 470 g/mol. The molecule has 0 spiro atoms. The van der Waals surface area contributed by atoms with Crippen LogP contribution >= 0.6 is 0 Å². The minimum Gasteiger partial charge on any atom is -0.460 e. The maximum atomic E-state index is 14.0. The van der Waals surface area contributed by atoms with E-state index in [1.54, 1.807) is 0 Å². The predicted molar refractivity (Wildman–Crippen MR) is 138 cm³/mol. The molecule has 2 N–H and O–H groups in total. The van der Waals surface area contributed by atoms with Crippen LogP contribution in [0.2, 0.25) is 0 Å². The normalized spacial score (nSPS) is 16.0. The maximum absolute atomic E-state index is 14.0. The Kier molecular flexibility index (Phi) is 6.54. The maximum Gasteiger partial charge on any atom is 0.196 e. The summed E-state index contributed by atoms with van der Waals surface area (Å²) in [4.78, 5) is 13.5. The van der Waals surface area contributed by atoms with Gasteiger partial charge in [-0.2, -0.15) is 0 Å². The highest BCUT2D eigenvalue weighted by molar-refractivity contribution is 5.77. The molecule has 2 heterocycles. The molecule has 1 aliphatic heterocycles. The third kappa shape index (κ3) is 4.93. The zero-order valence-corrected chi connectivity index (χ0v) is 20.2. The molecule has 3 aromatic carbocycles. The summed E-state index contributed by atoms with van der Waals surface area (Å²) in [6.45, 7) is 6.06. The molecule has 4 nitrogen and oxygen atoms in total. The number of halogens is 1. The molecule has 1 atom stereocenters. The number of fused-ring (bicyclic) bond motifs is 1. The Bertz CT molecular complexity index is 1370. The van der Waals surface area contributed by atoms with Gasteiger partial charge in [0.05, 0.1) is 11.0 Å². The molecule has 1 unspecified atom stereocenters. The number of hydrogen-bond donors (Lipinski definition) is 2. The van der Waals surface area contributed by atoms with Crippen LogP contribution in [0.1, 0.15) is 41.4 Å². The van der Waals surface area contributed by atoms with E-state index < -0.39 is 5.82 Å². The first-order valence-corrected chi connectivity index (χ1v) is 12.3. The summed E-state index contributed by atoms with van der Waals surface area (Å²) in [5, 5.41) is 7.77. The second kappa shape index (κ2) is 9.76. The topological polar surface area (TPSA) is 54.3 Å². The molecule has 5 heteroatoms. The van der Waals surface area contributed by atoms with E-state index in [1.165, 1.54) is 29.3 Å². The molecule has 1 aromatic heterocycles. The molecule has 1 aliphatic rings. The van der Waals surface area contributed by atoms with Crippen molar-refractivity contribution in [3.8, 4) is 0 Å². The fourth-order valence-corrected chi connectivity index (χ4v) is 5.23. The van der Waals surface area contributed by atoms with Crippen molar-refractivity contribution < 1.29 is 8.81 Å². The van der Waals surface area contributed by atoms with Crippen LogP contribution in [-0.2, 0) is 18.5 Å². The molecule has 0 bridgehead atoms. The average Bonchev–Trinajstić information content (AvgIpc) is 3.31. The Hall–Kier alpha value is -3.28. The minimum absolute atomic E-state index is 0.0809. The van der Waals surface area contributed by atoms with E-state index in [0.717, 1.165) is 25.1 Å². The van der Waals surface area contributed by atoms with Gasteiger partial charge in [0.25, 0.3) is 0 Å². The summed E-state index contributed by atoms with van der Waals surface area (Å²) in [5.74, 6) is 0.424. The lowest BCUT2D eigenvalue weighted by Crippen LogP contribution is -2.47. The van der Waals surface area contributed by atoms with E-state index in [2.05, 4.69) is 48.7 Å². The van der Waals surface area contributed by atoms with Gasteiger partial charge in [0.1, 0.15) is 17.2 Å². The summed E-state index contributed by atoms with van der Waals surface area (Å²) in [6, 6.07) is 22.7. The number of nitrogens with one attached hydrogen (secondary N) is 2. The van der Waals surface area contributed by atoms with Gasteiger partial charge in [0, 0.05) is 37.6 Å². The van der Waals surface area contributed by atoms with Crippen LogP contribution in [-0.4, -0.2) is 13.1 Å². The molecule has 4 aromatic rings. The lowest BCUT2D eigenvalue weighted by Gasteiger charge is -2.33. The van der Waals surface area contributed by atoms with Gasteiger partial charge in [-0.15, -0.1) is 0 Å². The molecule has 180 valence electrons. The Morgan fingerprint density at radius 1 is 1.00 bits per heavy atom. The summed E-state index contributed by atoms with van der Waals surface area (Å²) < 4.78 is 20.2. The second-order valence-electron chi connectivity index (χ2n) is 9.77. The molecular weight excluding hydrogens is 439 g/mol. The molecule has 0 saturated carbocycles. The third-order valence-electron chi connectivity index (χ3n) is 6.97. The quantitative estimate of drug-likeness (QED) is 0.377. The van der Waals surface area contributed by atoms with Gasteiger partial charge in [-0.3, -0.25) is 15.4 Å². The molecule has 5 rings (SSSR count). The second-order valence-corrected chi connectivity index (χ2v) is 9.77. The molecule has 0 radical (unpaired) electrons. The van der Waals surface area contributed by atoms with Crippen molar-refractivity contribution in [2.24, 2.45) is 5.92 Å². The predicted octanol–water partition coefficient (Wildman–Crippen LogP) is 5.45. The zero-order chi connectivity index (χ0) is 24.4. The highest BCUT2D eigenvalue weighted by atomic mass is 19.1. The molecular formula is C30H31FN2O2. The van der Waals surface area contributed by atoms with Crippen LogP contribution in [0.3, 0.4) is 0 Å². The highest BCUT2D eigenvalue weighted by Crippen LogP contribution is 2.31. The average molecular weight is 471 g/mol. The van der Waals surface area contributed by atoms with Crippen LogP contribution in [0.25, 0.3) is 11.0 Å². The molecule has 0 amide bonds. The number of benzene rings is 3. The van der Waals surface area contributed by atoms with Gasteiger partial charge in [-0.1, -0.05) is 67.1 Å². The standard InChI is InChI=1S/C30H31FN2O2/c1-20-8-10-23(11-9-20)30(32-14-15-33-30)19-21(2)16-27-26(17-22-6-4-3-5-7-22)29(34)25-13-12-24(31)18-28(25)35-27/h3-13,18,21,32-33H,14-17,19H2,1-2H3. The Balaban J connectivity index is 1.50. The lowest BCUT2D eigenvalue weighted by molar-refractivity contribution is 0.260. The summed E-state index contributed by atoms with van der Waals surface area (Å²) in [7, 11) is 0. The van der Waals surface area contributed by atoms with Crippen LogP contribution < -0.4 is 16.1 Å². The number of aryl methyl sites for hydroxylation is 1. The van der Waals surface area contributed by atoms with Gasteiger partial charge in [0.15, 0.2) is 5.43 Å². The van der Waals surface area contributed by atoms with E-state index >= 15 is 0 Å². The van der Waals surface area contributed by atoms with Crippen molar-refractivity contribution in [1.82, 2.24) is 10.6 Å². The Morgan fingerprint density at radius 2 is 1.71 bits per heavy atom. The van der Waals surface area contributed by atoms with Crippen LogP contribution in [0.4, 0.5) is 4.39 Å². The van der Waals surface area contributed by atoms with E-state index in [9.17, 15) is 9.18 Å². The van der Waals surface area contributed by atoms with Gasteiger partial charge >= 0.3 is 0 Å². The van der Waals surface area contributed by atoms with Crippen molar-refractivity contribution in [2.45, 2.75) is 38.8 Å². The zero-order valence-electron chi connectivity index (χ0n) is 20.2. The minimum atomic E-state index is -0.409. The lowest BCUT2D eigenvalue weighted by atomic mass is 9.86. The first-order chi connectivity index (χ1) is 16.9. The summed E-state index contributed by atoms with van der Waals surface area (Å²) >= 11 is 0. The number of hydrogen-bond acceptors (Lipinski definition) is 4. The first-order valence-electron chi connectivity index (χ1n) is 12.3. The number of rotatable bonds is 7. The van der Waals surface area contributed by atoms with Crippen molar-refractivity contribution in [2.75, 3.05) is 13.1 Å². The van der Waals surface area contributed by atoms with Gasteiger partial charge in [-0.25, -0.2) is 4.39 Å². The van der Waals surface area contributed by atoms with Crippen LogP contribution in [0.15, 0.2) is 82.0 Å². The van der Waals surface area contributed by atoms with Crippen molar-refractivity contribution >= 4 is 11.0 Å². The van der Waals surface area contributed by atoms with Gasteiger partial charge in [-0.05, 0) is 42.5 Å². The molecule has 1 fully saturated rings. The van der Waals surface area contributed by atoms with Gasteiger partial charge in [0.2, 0.25) is 0 Å². The first kappa shape index (κ1) is 23.5. The largest absolute Gasteiger partial charge is 0.460 e. The van der Waals surface area contributed by atoms with Crippen molar-refractivity contribution in [3.05, 3.63) is 117 Å². The van der Waals surface area contributed by atoms with Gasteiger partial charge < -0.3 is 4.42 Å². The molecule has 0 aliphatic carbocycles. The summed E-state index contributed by atoms with van der Waals surface area (Å²) in [5.41, 5.74) is 4.03. The smallest absolute Gasteiger partial charge is 0.196 e. The Labute approximate surface area is 205 Å². The fraction of sp³-hybridized carbons (Fsp3) is 0.300. The van der Waals surface area contributed by atoms with E-state index in [4.69, 9.17) is 4.42 Å². The van der Waals surface area contributed by atoms with E-state index in [0.29, 0.717) is 35.1 Å².